The average molecular weight is 276 g/mol. The number of nitrogens with zero attached hydrogens (tertiary/aromatic N) is 3. The fraction of sp³-hybridized carbons (Fsp3) is 0.733. The van der Waals surface area contributed by atoms with Crippen molar-refractivity contribution >= 4 is 5.91 Å². The number of hydrogen-bond acceptors (Lipinski definition) is 3. The zero-order valence-electron chi connectivity index (χ0n) is 12.5. The van der Waals surface area contributed by atoms with E-state index in [0.717, 1.165) is 51.0 Å². The molecule has 0 unspecified atom stereocenters. The fourth-order valence-electron chi connectivity index (χ4n) is 3.28. The lowest BCUT2D eigenvalue weighted by atomic mass is 10.1. The Morgan fingerprint density at radius 3 is 2.85 bits per heavy atom. The summed E-state index contributed by atoms with van der Waals surface area (Å²) in [6.45, 7) is 4.61. The molecular weight excluding hydrogens is 252 g/mol. The second-order valence-electron chi connectivity index (χ2n) is 6.10. The number of aromatic amines is 1. The number of likely N-dealkylation sites (tertiary alicyclic amines) is 1. The van der Waals surface area contributed by atoms with Crippen molar-refractivity contribution in [1.29, 1.82) is 0 Å². The third-order valence-corrected chi connectivity index (χ3v) is 4.73. The highest BCUT2D eigenvalue weighted by Gasteiger charge is 2.27. The highest BCUT2D eigenvalue weighted by Crippen LogP contribution is 2.24. The molecule has 5 heteroatoms. The van der Waals surface area contributed by atoms with Crippen LogP contribution in [0.5, 0.6) is 0 Å². The lowest BCUT2D eigenvalue weighted by molar-refractivity contribution is -0.135. The van der Waals surface area contributed by atoms with E-state index in [-0.39, 0.29) is 11.9 Å². The van der Waals surface area contributed by atoms with Gasteiger partial charge in [-0.25, -0.2) is 0 Å². The van der Waals surface area contributed by atoms with E-state index in [0.29, 0.717) is 0 Å². The second kappa shape index (κ2) is 5.56. The molecule has 110 valence electrons. The molecule has 3 rings (SSSR count). The number of rotatable bonds is 4. The van der Waals surface area contributed by atoms with Crippen LogP contribution in [0.4, 0.5) is 0 Å². The minimum atomic E-state index is -0.0677. The minimum Gasteiger partial charge on any atom is -0.341 e. The van der Waals surface area contributed by atoms with Crippen molar-refractivity contribution in [2.24, 2.45) is 0 Å². The van der Waals surface area contributed by atoms with Gasteiger partial charge in [-0.3, -0.25) is 14.8 Å². The number of fused-ring (bicyclic) bond motifs is 1. The summed E-state index contributed by atoms with van der Waals surface area (Å²) in [4.78, 5) is 16.5. The summed E-state index contributed by atoms with van der Waals surface area (Å²) in [7, 11) is 2.02. The number of aromatic nitrogens is 2. The van der Waals surface area contributed by atoms with E-state index in [1.807, 2.05) is 18.9 Å². The van der Waals surface area contributed by atoms with Crippen LogP contribution >= 0.6 is 0 Å². The van der Waals surface area contributed by atoms with E-state index in [9.17, 15) is 4.79 Å². The third-order valence-electron chi connectivity index (χ3n) is 4.73. The molecule has 0 bridgehead atoms. The number of carbonyl (C=O) groups excluding carboxylic acids is 1. The first-order chi connectivity index (χ1) is 9.66. The average Bonchev–Trinajstić information content (AvgIpc) is 3.15. The van der Waals surface area contributed by atoms with Gasteiger partial charge in [0.2, 0.25) is 5.91 Å². The molecule has 2 aliphatic rings. The first kappa shape index (κ1) is 13.6. The molecule has 1 aliphatic heterocycles. The summed E-state index contributed by atoms with van der Waals surface area (Å²) in [5.74, 6) is 0.261. The molecule has 0 radical (unpaired) electrons. The van der Waals surface area contributed by atoms with Crippen LogP contribution in [0.2, 0.25) is 0 Å². The maximum absolute atomic E-state index is 12.4. The van der Waals surface area contributed by atoms with Gasteiger partial charge in [-0.1, -0.05) is 0 Å². The highest BCUT2D eigenvalue weighted by molar-refractivity contribution is 5.81. The van der Waals surface area contributed by atoms with Gasteiger partial charge < -0.3 is 4.90 Å². The quantitative estimate of drug-likeness (QED) is 0.903. The van der Waals surface area contributed by atoms with Gasteiger partial charge in [-0.2, -0.15) is 5.10 Å². The van der Waals surface area contributed by atoms with E-state index >= 15 is 0 Å². The van der Waals surface area contributed by atoms with Gasteiger partial charge >= 0.3 is 0 Å². The van der Waals surface area contributed by atoms with Gasteiger partial charge in [-0.15, -0.1) is 0 Å². The van der Waals surface area contributed by atoms with Gasteiger partial charge in [-0.05, 0) is 51.6 Å². The summed E-state index contributed by atoms with van der Waals surface area (Å²) in [5, 5.41) is 7.57. The summed E-state index contributed by atoms with van der Waals surface area (Å²) >= 11 is 0. The van der Waals surface area contributed by atoms with Crippen molar-refractivity contribution < 1.29 is 4.79 Å². The second-order valence-corrected chi connectivity index (χ2v) is 6.10. The molecule has 0 aromatic carbocycles. The lowest BCUT2D eigenvalue weighted by Gasteiger charge is -2.27. The smallest absolute Gasteiger partial charge is 0.239 e. The molecule has 1 N–H and O–H groups in total. The number of carbonyl (C=O) groups is 1. The standard InChI is InChI=1S/C15H24N4O/c1-11(15(20)19-8-3-4-9-19)18(2)10-14-12-6-5-7-13(12)16-17-14/h11H,3-10H2,1-2H3,(H,16,17)/t11-/m0/s1. The van der Waals surface area contributed by atoms with Crippen LogP contribution in [0.1, 0.15) is 43.1 Å². The van der Waals surface area contributed by atoms with Crippen molar-refractivity contribution in [3.05, 3.63) is 17.0 Å². The zero-order chi connectivity index (χ0) is 14.1. The van der Waals surface area contributed by atoms with Gasteiger partial charge in [0, 0.05) is 25.3 Å². The number of hydrogen-bond donors (Lipinski definition) is 1. The lowest BCUT2D eigenvalue weighted by Crippen LogP contribution is -2.44. The number of H-pyrrole nitrogens is 1. The summed E-state index contributed by atoms with van der Waals surface area (Å²) in [6, 6.07) is -0.0677. The van der Waals surface area contributed by atoms with Gasteiger partial charge in [0.25, 0.3) is 0 Å². The Morgan fingerprint density at radius 1 is 1.35 bits per heavy atom. The van der Waals surface area contributed by atoms with Crippen molar-refractivity contribution in [3.63, 3.8) is 0 Å². The Morgan fingerprint density at radius 2 is 2.10 bits per heavy atom. The van der Waals surface area contributed by atoms with Gasteiger partial charge in [0.1, 0.15) is 0 Å². The zero-order valence-corrected chi connectivity index (χ0v) is 12.5. The summed E-state index contributed by atoms with van der Waals surface area (Å²) in [5.41, 5.74) is 3.81. The molecule has 1 atom stereocenters. The van der Waals surface area contributed by atoms with Crippen molar-refractivity contribution in [3.8, 4) is 0 Å². The number of amides is 1. The molecule has 0 saturated carbocycles. The molecule has 5 nitrogen and oxygen atoms in total. The van der Waals surface area contributed by atoms with Crippen LogP contribution in [0.25, 0.3) is 0 Å². The molecule has 20 heavy (non-hydrogen) atoms. The predicted octanol–water partition coefficient (Wildman–Crippen LogP) is 1.34. The van der Waals surface area contributed by atoms with E-state index in [1.165, 1.54) is 17.7 Å². The Kier molecular flexibility index (Phi) is 3.78. The molecule has 1 fully saturated rings. The van der Waals surface area contributed by atoms with Crippen LogP contribution in [-0.4, -0.2) is 52.1 Å². The van der Waals surface area contributed by atoms with Gasteiger partial charge in [0.05, 0.1) is 11.7 Å². The minimum absolute atomic E-state index is 0.0677. The van der Waals surface area contributed by atoms with E-state index in [1.54, 1.807) is 0 Å². The number of nitrogens with one attached hydrogen (secondary N) is 1. The predicted molar refractivity (Wildman–Crippen MR) is 77.4 cm³/mol. The van der Waals surface area contributed by atoms with Crippen LogP contribution < -0.4 is 0 Å². The molecule has 1 saturated heterocycles. The van der Waals surface area contributed by atoms with Crippen molar-refractivity contribution in [2.45, 2.75) is 51.6 Å². The topological polar surface area (TPSA) is 52.2 Å². The first-order valence-corrected chi connectivity index (χ1v) is 7.71. The van der Waals surface area contributed by atoms with Crippen LogP contribution in [0, 0.1) is 0 Å². The number of aryl methyl sites for hydroxylation is 1. The van der Waals surface area contributed by atoms with Crippen molar-refractivity contribution in [1.82, 2.24) is 20.0 Å². The molecule has 1 aromatic heterocycles. The molecule has 0 spiro atoms. The Bertz CT molecular complexity index is 490. The van der Waals surface area contributed by atoms with Crippen LogP contribution in [-0.2, 0) is 24.2 Å². The SMILES string of the molecule is C[C@@H](C(=O)N1CCCC1)N(C)Cc1n[nH]c2c1CCC2. The molecule has 1 aliphatic carbocycles. The Balaban J connectivity index is 1.63. The molecular formula is C15H24N4O. The highest BCUT2D eigenvalue weighted by atomic mass is 16.2. The van der Waals surface area contributed by atoms with E-state index < -0.39 is 0 Å². The monoisotopic (exact) mass is 276 g/mol. The molecule has 2 heterocycles. The summed E-state index contributed by atoms with van der Waals surface area (Å²) < 4.78 is 0. The normalized spacial score (nSPS) is 19.6. The maximum Gasteiger partial charge on any atom is 0.239 e. The molecule has 1 amide bonds. The van der Waals surface area contributed by atoms with E-state index in [2.05, 4.69) is 15.1 Å². The van der Waals surface area contributed by atoms with Crippen LogP contribution in [0.15, 0.2) is 0 Å². The van der Waals surface area contributed by atoms with E-state index in [4.69, 9.17) is 0 Å². The summed E-state index contributed by atoms with van der Waals surface area (Å²) in [6.07, 6.45) is 5.77. The largest absolute Gasteiger partial charge is 0.341 e. The number of likely N-dealkylation sites (N-methyl/N-ethyl adjacent to an activating group) is 1. The molecule has 1 aromatic rings. The van der Waals surface area contributed by atoms with Gasteiger partial charge in [0.15, 0.2) is 0 Å². The van der Waals surface area contributed by atoms with Crippen LogP contribution in [0.3, 0.4) is 0 Å². The van der Waals surface area contributed by atoms with Crippen molar-refractivity contribution in [2.75, 3.05) is 20.1 Å². The third kappa shape index (κ3) is 2.46. The Labute approximate surface area is 120 Å². The first-order valence-electron chi connectivity index (χ1n) is 7.71. The Hall–Kier alpha value is -1.36. The fourth-order valence-corrected chi connectivity index (χ4v) is 3.28. The maximum atomic E-state index is 12.4.